The van der Waals surface area contributed by atoms with Crippen LogP contribution >= 0.6 is 11.9 Å². The Balaban J connectivity index is 2.27. The molecule has 0 radical (unpaired) electrons. The lowest BCUT2D eigenvalue weighted by Crippen LogP contribution is -2.10. The second-order valence-corrected chi connectivity index (χ2v) is 3.63. The van der Waals surface area contributed by atoms with Crippen LogP contribution in [0, 0.1) is 0 Å². The fourth-order valence-electron chi connectivity index (χ4n) is 1.29. The van der Waals surface area contributed by atoms with Gasteiger partial charge in [0, 0.05) is 6.54 Å². The Labute approximate surface area is 82.3 Å². The van der Waals surface area contributed by atoms with E-state index in [1.807, 2.05) is 18.2 Å². The van der Waals surface area contributed by atoms with Gasteiger partial charge < -0.3 is 9.04 Å². The normalized spacial score (nSPS) is 15.0. The van der Waals surface area contributed by atoms with Gasteiger partial charge in [-0.25, -0.2) is 0 Å². The fourth-order valence-corrected chi connectivity index (χ4v) is 2.04. The summed E-state index contributed by atoms with van der Waals surface area (Å²) in [5, 5.41) is 2.09. The van der Waals surface area contributed by atoms with Crippen molar-refractivity contribution in [2.24, 2.45) is 0 Å². The smallest absolute Gasteiger partial charge is 0.143 e. The molecule has 0 spiro atoms. The third kappa shape index (κ3) is 1.65. The summed E-state index contributed by atoms with van der Waals surface area (Å²) in [6.07, 6.45) is 2.14. The average Bonchev–Trinajstić information content (AvgIpc) is 2.70. The van der Waals surface area contributed by atoms with Crippen molar-refractivity contribution in [3.63, 3.8) is 0 Å². The van der Waals surface area contributed by atoms with E-state index in [-0.39, 0.29) is 0 Å². The molecule has 0 bridgehead atoms. The van der Waals surface area contributed by atoms with Crippen molar-refractivity contribution < 1.29 is 4.74 Å². The van der Waals surface area contributed by atoms with Gasteiger partial charge in [0.2, 0.25) is 0 Å². The molecule has 1 heterocycles. The molecule has 0 fully saturated rings. The molecule has 2 nitrogen and oxygen atoms in total. The minimum atomic E-state index is 0.929. The monoisotopic (exact) mass is 193 g/mol. The van der Waals surface area contributed by atoms with E-state index in [0.29, 0.717) is 0 Å². The van der Waals surface area contributed by atoms with Gasteiger partial charge >= 0.3 is 0 Å². The number of methoxy groups -OCH3 is 1. The van der Waals surface area contributed by atoms with Crippen LogP contribution in [0.25, 0.3) is 0 Å². The topological polar surface area (TPSA) is 12.5 Å². The number of nitrogens with zero attached hydrogens (tertiary/aromatic N) is 1. The zero-order chi connectivity index (χ0) is 9.10. The van der Waals surface area contributed by atoms with E-state index in [0.717, 1.165) is 18.0 Å². The van der Waals surface area contributed by atoms with E-state index < -0.39 is 0 Å². The van der Waals surface area contributed by atoms with Crippen LogP contribution in [-0.2, 0) is 0 Å². The first kappa shape index (κ1) is 8.51. The fraction of sp³-hybridized carbons (Fsp3) is 0.200. The van der Waals surface area contributed by atoms with E-state index in [2.05, 4.69) is 21.9 Å². The number of hydrogen-bond acceptors (Lipinski definition) is 3. The van der Waals surface area contributed by atoms with Crippen LogP contribution in [0.5, 0.6) is 5.75 Å². The summed E-state index contributed by atoms with van der Waals surface area (Å²) >= 11 is 1.70. The van der Waals surface area contributed by atoms with Crippen LogP contribution < -0.4 is 9.04 Å². The van der Waals surface area contributed by atoms with Crippen molar-refractivity contribution >= 4 is 17.6 Å². The Morgan fingerprint density at radius 1 is 1.38 bits per heavy atom. The van der Waals surface area contributed by atoms with Crippen LogP contribution in [0.1, 0.15) is 0 Å². The molecule has 0 aromatic heterocycles. The first-order valence-corrected chi connectivity index (χ1v) is 4.98. The summed E-state index contributed by atoms with van der Waals surface area (Å²) in [7, 11) is 1.70. The zero-order valence-corrected chi connectivity index (χ0v) is 8.25. The Bertz CT molecular complexity index is 316. The van der Waals surface area contributed by atoms with E-state index >= 15 is 0 Å². The summed E-state index contributed by atoms with van der Waals surface area (Å²) in [6, 6.07) is 8.06. The van der Waals surface area contributed by atoms with Crippen molar-refractivity contribution in [1.29, 1.82) is 0 Å². The van der Waals surface area contributed by atoms with Gasteiger partial charge in [-0.05, 0) is 29.5 Å². The lowest BCUT2D eigenvalue weighted by Gasteiger charge is -2.18. The minimum Gasteiger partial charge on any atom is -0.495 e. The number of rotatable bonds is 2. The molecule has 0 aliphatic carbocycles. The van der Waals surface area contributed by atoms with Gasteiger partial charge in [0.05, 0.1) is 12.8 Å². The Morgan fingerprint density at radius 3 is 2.92 bits per heavy atom. The number of anilines is 1. The number of benzene rings is 1. The summed E-state index contributed by atoms with van der Waals surface area (Å²) in [4.78, 5) is 0. The summed E-state index contributed by atoms with van der Waals surface area (Å²) < 4.78 is 7.47. The molecule has 0 unspecified atom stereocenters. The molecular weight excluding hydrogens is 182 g/mol. The molecule has 1 aromatic rings. The Hall–Kier alpha value is -1.09. The van der Waals surface area contributed by atoms with Crippen LogP contribution in [-0.4, -0.2) is 13.7 Å². The van der Waals surface area contributed by atoms with Crippen molar-refractivity contribution in [2.75, 3.05) is 18.0 Å². The van der Waals surface area contributed by atoms with Gasteiger partial charge in [0.15, 0.2) is 0 Å². The highest BCUT2D eigenvalue weighted by Gasteiger charge is 2.12. The van der Waals surface area contributed by atoms with E-state index in [9.17, 15) is 0 Å². The Morgan fingerprint density at radius 2 is 2.23 bits per heavy atom. The summed E-state index contributed by atoms with van der Waals surface area (Å²) in [5.41, 5.74) is 1.14. The summed E-state index contributed by atoms with van der Waals surface area (Å²) in [6.45, 7) is 0.949. The molecule has 0 amide bonds. The molecular formula is C10H11NOS. The van der Waals surface area contributed by atoms with Gasteiger partial charge in [0.25, 0.3) is 0 Å². The zero-order valence-electron chi connectivity index (χ0n) is 7.43. The highest BCUT2D eigenvalue weighted by molar-refractivity contribution is 8.03. The van der Waals surface area contributed by atoms with Gasteiger partial charge in [-0.1, -0.05) is 18.2 Å². The second kappa shape index (κ2) is 3.75. The highest BCUT2D eigenvalue weighted by Crippen LogP contribution is 2.34. The van der Waals surface area contributed by atoms with Gasteiger partial charge in [-0.2, -0.15) is 0 Å². The van der Waals surface area contributed by atoms with Crippen molar-refractivity contribution in [1.82, 2.24) is 0 Å². The molecule has 2 rings (SSSR count). The van der Waals surface area contributed by atoms with E-state index in [4.69, 9.17) is 4.74 Å². The predicted octanol–water partition coefficient (Wildman–Crippen LogP) is 2.68. The largest absolute Gasteiger partial charge is 0.495 e. The van der Waals surface area contributed by atoms with Gasteiger partial charge in [-0.3, -0.25) is 0 Å². The van der Waals surface area contributed by atoms with E-state index in [1.54, 1.807) is 19.1 Å². The molecule has 0 saturated heterocycles. The molecule has 13 heavy (non-hydrogen) atoms. The summed E-state index contributed by atoms with van der Waals surface area (Å²) in [5.74, 6) is 0.929. The average molecular weight is 193 g/mol. The van der Waals surface area contributed by atoms with Crippen LogP contribution in [0.15, 0.2) is 35.7 Å². The van der Waals surface area contributed by atoms with Crippen molar-refractivity contribution in [2.45, 2.75) is 0 Å². The number of ether oxygens (including phenoxy) is 1. The van der Waals surface area contributed by atoms with Crippen LogP contribution in [0.2, 0.25) is 0 Å². The highest BCUT2D eigenvalue weighted by atomic mass is 32.2. The lowest BCUT2D eigenvalue weighted by molar-refractivity contribution is 0.416. The molecule has 1 aliphatic rings. The maximum Gasteiger partial charge on any atom is 0.143 e. The van der Waals surface area contributed by atoms with Crippen LogP contribution in [0.3, 0.4) is 0 Å². The van der Waals surface area contributed by atoms with Gasteiger partial charge in [0.1, 0.15) is 5.75 Å². The first-order chi connectivity index (χ1) is 6.42. The third-order valence-corrected chi connectivity index (χ3v) is 2.82. The SMILES string of the molecule is COc1ccccc1N1CC=CS1. The number of para-hydroxylation sites is 2. The number of hydrogen-bond donors (Lipinski definition) is 0. The maximum atomic E-state index is 5.27. The third-order valence-electron chi connectivity index (χ3n) is 1.91. The predicted molar refractivity (Wildman–Crippen MR) is 57.1 cm³/mol. The maximum absolute atomic E-state index is 5.27. The van der Waals surface area contributed by atoms with Crippen molar-refractivity contribution in [3.8, 4) is 5.75 Å². The molecule has 0 N–H and O–H groups in total. The van der Waals surface area contributed by atoms with E-state index in [1.165, 1.54) is 0 Å². The molecule has 1 aliphatic heterocycles. The standard InChI is InChI=1S/C10H11NOS/c1-12-10-6-3-2-5-9(10)11-7-4-8-13-11/h2-6,8H,7H2,1H3. The Kier molecular flexibility index (Phi) is 2.45. The molecule has 1 aromatic carbocycles. The lowest BCUT2D eigenvalue weighted by atomic mass is 10.3. The second-order valence-electron chi connectivity index (χ2n) is 2.71. The first-order valence-electron chi connectivity index (χ1n) is 4.14. The molecule has 3 heteroatoms. The quantitative estimate of drug-likeness (QED) is 0.670. The molecule has 0 atom stereocenters. The molecule has 68 valence electrons. The minimum absolute atomic E-state index is 0.929. The van der Waals surface area contributed by atoms with Gasteiger partial charge in [-0.15, -0.1) is 0 Å². The molecule has 0 saturated carbocycles. The van der Waals surface area contributed by atoms with Crippen molar-refractivity contribution in [3.05, 3.63) is 35.7 Å². The van der Waals surface area contributed by atoms with Crippen LogP contribution in [0.4, 0.5) is 5.69 Å².